The van der Waals surface area contributed by atoms with Crippen LogP contribution in [-0.4, -0.2) is 15.2 Å². The Bertz CT molecular complexity index is 629. The van der Waals surface area contributed by atoms with E-state index >= 15 is 0 Å². The summed E-state index contributed by atoms with van der Waals surface area (Å²) in [4.78, 5) is 0.924. The Morgan fingerprint density at radius 2 is 1.41 bits per heavy atom. The molecule has 2 aromatic rings. The van der Waals surface area contributed by atoms with Crippen molar-refractivity contribution in [3.63, 3.8) is 0 Å². The van der Waals surface area contributed by atoms with E-state index in [-0.39, 0.29) is 5.37 Å². The van der Waals surface area contributed by atoms with Crippen molar-refractivity contribution in [2.45, 2.75) is 15.1 Å². The standard InChI is InChI=1S/C15H11Cl4NS2/c16-10-3-1-9(2-4-10)14(21)20-15(13(18)19)22-12-7-5-11(17)6-8-12/h1-8,13,15H,(H,20,21). The molecule has 0 amide bonds. The molecular formula is C15H11Cl4NS2. The van der Waals surface area contributed by atoms with Gasteiger partial charge in [-0.05, 0) is 36.4 Å². The Hall–Kier alpha value is -0.160. The van der Waals surface area contributed by atoms with Crippen LogP contribution in [0.1, 0.15) is 5.56 Å². The number of benzene rings is 2. The normalized spacial score (nSPS) is 12.2. The van der Waals surface area contributed by atoms with E-state index in [4.69, 9.17) is 58.6 Å². The monoisotopic (exact) mass is 409 g/mol. The Labute approximate surface area is 159 Å². The van der Waals surface area contributed by atoms with Crippen molar-refractivity contribution < 1.29 is 0 Å². The van der Waals surface area contributed by atoms with Gasteiger partial charge >= 0.3 is 0 Å². The van der Waals surface area contributed by atoms with Crippen molar-refractivity contribution >= 4 is 75.4 Å². The number of rotatable bonds is 5. The first-order valence-electron chi connectivity index (χ1n) is 6.22. The van der Waals surface area contributed by atoms with Crippen molar-refractivity contribution in [2.24, 2.45) is 0 Å². The second-order valence-electron chi connectivity index (χ2n) is 4.31. The minimum atomic E-state index is -0.633. The molecule has 0 bridgehead atoms. The molecule has 1 N–H and O–H groups in total. The summed E-state index contributed by atoms with van der Waals surface area (Å²) in [5.74, 6) is 0. The average molecular weight is 411 g/mol. The summed E-state index contributed by atoms with van der Waals surface area (Å²) >= 11 is 30.7. The highest BCUT2D eigenvalue weighted by atomic mass is 35.5. The topological polar surface area (TPSA) is 12.0 Å². The van der Waals surface area contributed by atoms with Crippen molar-refractivity contribution in [1.29, 1.82) is 0 Å². The molecule has 0 aromatic heterocycles. The van der Waals surface area contributed by atoms with Gasteiger partial charge in [-0.25, -0.2) is 0 Å². The number of halogens is 4. The third-order valence-corrected chi connectivity index (χ3v) is 5.53. The number of thioether (sulfide) groups is 1. The van der Waals surface area contributed by atoms with Gasteiger partial charge in [0.2, 0.25) is 0 Å². The largest absolute Gasteiger partial charge is 0.361 e. The molecule has 0 aliphatic carbocycles. The van der Waals surface area contributed by atoms with Crippen molar-refractivity contribution in [2.75, 3.05) is 0 Å². The average Bonchev–Trinajstić information content (AvgIpc) is 2.49. The van der Waals surface area contributed by atoms with Crippen LogP contribution in [0, 0.1) is 0 Å². The third kappa shape index (κ3) is 5.48. The van der Waals surface area contributed by atoms with Crippen LogP contribution in [0.4, 0.5) is 0 Å². The van der Waals surface area contributed by atoms with Crippen LogP contribution in [0.5, 0.6) is 0 Å². The zero-order valence-corrected chi connectivity index (χ0v) is 15.8. The molecule has 1 atom stereocenters. The fourth-order valence-electron chi connectivity index (χ4n) is 1.62. The predicted octanol–water partition coefficient (Wildman–Crippen LogP) is 6.18. The molecule has 0 fully saturated rings. The molecule has 0 spiro atoms. The Kier molecular flexibility index (Phi) is 7.13. The SMILES string of the molecule is S=C(NC(Sc1ccc(Cl)cc1)C(Cl)Cl)c1ccc(Cl)cc1. The fourth-order valence-corrected chi connectivity index (χ4v) is 3.51. The van der Waals surface area contributed by atoms with Gasteiger partial charge < -0.3 is 5.32 Å². The molecule has 22 heavy (non-hydrogen) atoms. The van der Waals surface area contributed by atoms with Gasteiger partial charge in [0.25, 0.3) is 0 Å². The lowest BCUT2D eigenvalue weighted by atomic mass is 10.2. The highest BCUT2D eigenvalue weighted by Crippen LogP contribution is 2.29. The quantitative estimate of drug-likeness (QED) is 0.273. The van der Waals surface area contributed by atoms with E-state index in [9.17, 15) is 0 Å². The molecule has 0 aliphatic heterocycles. The lowest BCUT2D eigenvalue weighted by Gasteiger charge is -2.21. The van der Waals surface area contributed by atoms with E-state index in [0.717, 1.165) is 10.5 Å². The van der Waals surface area contributed by atoms with E-state index in [0.29, 0.717) is 15.0 Å². The summed E-state index contributed by atoms with van der Waals surface area (Å²) in [6, 6.07) is 14.7. The van der Waals surface area contributed by atoms with E-state index in [2.05, 4.69) is 5.32 Å². The first kappa shape index (κ1) is 18.2. The van der Waals surface area contributed by atoms with Gasteiger partial charge in [0, 0.05) is 20.5 Å². The van der Waals surface area contributed by atoms with Crippen molar-refractivity contribution in [3.05, 3.63) is 64.1 Å². The molecular weight excluding hydrogens is 400 g/mol. The highest BCUT2D eigenvalue weighted by Gasteiger charge is 2.20. The molecule has 0 saturated heterocycles. The van der Waals surface area contributed by atoms with Crippen LogP contribution >= 0.6 is 70.4 Å². The van der Waals surface area contributed by atoms with Gasteiger partial charge in [-0.1, -0.05) is 59.3 Å². The zero-order valence-electron chi connectivity index (χ0n) is 11.1. The lowest BCUT2D eigenvalue weighted by Crippen LogP contribution is -2.36. The molecule has 7 heteroatoms. The predicted molar refractivity (Wildman–Crippen MR) is 103 cm³/mol. The lowest BCUT2D eigenvalue weighted by molar-refractivity contribution is 0.881. The zero-order chi connectivity index (χ0) is 16.1. The van der Waals surface area contributed by atoms with Crippen LogP contribution < -0.4 is 5.32 Å². The van der Waals surface area contributed by atoms with Gasteiger partial charge in [-0.15, -0.1) is 23.2 Å². The van der Waals surface area contributed by atoms with E-state index in [1.807, 2.05) is 36.4 Å². The maximum atomic E-state index is 6.06. The first-order valence-corrected chi connectivity index (χ1v) is 9.14. The molecule has 0 saturated carbocycles. The molecule has 0 heterocycles. The summed E-state index contributed by atoms with van der Waals surface area (Å²) in [6.07, 6.45) is 0. The second kappa shape index (κ2) is 8.62. The van der Waals surface area contributed by atoms with Crippen LogP contribution in [0.15, 0.2) is 53.4 Å². The minimum absolute atomic E-state index is 0.285. The van der Waals surface area contributed by atoms with Crippen LogP contribution in [0.3, 0.4) is 0 Å². The molecule has 0 radical (unpaired) electrons. The van der Waals surface area contributed by atoms with E-state index < -0.39 is 4.84 Å². The van der Waals surface area contributed by atoms with Gasteiger partial charge in [-0.2, -0.15) is 0 Å². The molecule has 1 nitrogen and oxygen atoms in total. The molecule has 0 aliphatic rings. The summed E-state index contributed by atoms with van der Waals surface area (Å²) in [6.45, 7) is 0. The smallest absolute Gasteiger partial charge is 0.137 e. The van der Waals surface area contributed by atoms with Crippen LogP contribution in [0.25, 0.3) is 0 Å². The Balaban J connectivity index is 2.06. The molecule has 2 rings (SSSR count). The minimum Gasteiger partial charge on any atom is -0.361 e. The second-order valence-corrected chi connectivity index (χ2v) is 7.97. The van der Waals surface area contributed by atoms with Crippen molar-refractivity contribution in [1.82, 2.24) is 5.32 Å². The van der Waals surface area contributed by atoms with Gasteiger partial charge in [0.1, 0.15) is 15.2 Å². The summed E-state index contributed by atoms with van der Waals surface area (Å²) in [5, 5.41) is 4.22. The molecule has 2 aromatic carbocycles. The Morgan fingerprint density at radius 1 is 0.909 bits per heavy atom. The summed E-state index contributed by atoms with van der Waals surface area (Å²) < 4.78 is 0. The van der Waals surface area contributed by atoms with Gasteiger partial charge in [-0.3, -0.25) is 0 Å². The van der Waals surface area contributed by atoms with E-state index in [1.54, 1.807) is 12.1 Å². The third-order valence-electron chi connectivity index (χ3n) is 2.69. The number of thiocarbonyl (C=S) groups is 1. The first-order chi connectivity index (χ1) is 10.5. The van der Waals surface area contributed by atoms with Crippen molar-refractivity contribution in [3.8, 4) is 0 Å². The highest BCUT2D eigenvalue weighted by molar-refractivity contribution is 8.00. The van der Waals surface area contributed by atoms with Crippen LogP contribution in [0.2, 0.25) is 10.0 Å². The number of hydrogen-bond donors (Lipinski definition) is 1. The molecule has 116 valence electrons. The molecule has 1 unspecified atom stereocenters. The van der Waals surface area contributed by atoms with Gasteiger partial charge in [0.05, 0.1) is 0 Å². The Morgan fingerprint density at radius 3 is 1.91 bits per heavy atom. The van der Waals surface area contributed by atoms with Gasteiger partial charge in [0.15, 0.2) is 0 Å². The number of alkyl halides is 2. The fraction of sp³-hybridized carbons (Fsp3) is 0.133. The summed E-state index contributed by atoms with van der Waals surface area (Å²) in [5.41, 5.74) is 0.857. The number of hydrogen-bond acceptors (Lipinski definition) is 2. The maximum Gasteiger partial charge on any atom is 0.137 e. The summed E-state index contributed by atoms with van der Waals surface area (Å²) in [7, 11) is 0. The maximum absolute atomic E-state index is 6.06. The van der Waals surface area contributed by atoms with E-state index in [1.165, 1.54) is 11.8 Å². The number of nitrogens with one attached hydrogen (secondary N) is 1. The van der Waals surface area contributed by atoms with Crippen LogP contribution in [-0.2, 0) is 0 Å².